The number of rotatable bonds is 7. The zero-order valence-corrected chi connectivity index (χ0v) is 24.8. The fourth-order valence-corrected chi connectivity index (χ4v) is 11.9. The van der Waals surface area contributed by atoms with Crippen molar-refractivity contribution in [2.45, 2.75) is 85.9 Å². The molecule has 7 aliphatic carbocycles. The summed E-state index contributed by atoms with van der Waals surface area (Å²) in [7, 11) is 0. The van der Waals surface area contributed by atoms with Crippen LogP contribution in [0.25, 0.3) is 0 Å². The molecule has 6 nitrogen and oxygen atoms in total. The average Bonchev–Trinajstić information content (AvgIpc) is 3.74. The third-order valence-electron chi connectivity index (χ3n) is 13.3. The Morgan fingerprint density at radius 2 is 1.28 bits per heavy atom. The van der Waals surface area contributed by atoms with Crippen LogP contribution in [-0.2, 0) is 23.8 Å². The van der Waals surface area contributed by atoms with Gasteiger partial charge in [-0.1, -0.05) is 13.8 Å². The number of carbonyl (C=O) groups is 2. The number of fused-ring (bicyclic) bond motifs is 14. The van der Waals surface area contributed by atoms with E-state index in [1.165, 1.54) is 38.5 Å². The highest BCUT2D eigenvalue weighted by atomic mass is 16.7. The number of carbonyl (C=O) groups excluding carboxylic acids is 2. The second kappa shape index (κ2) is 10.9. The summed E-state index contributed by atoms with van der Waals surface area (Å²) in [6.45, 7) is 11.5. The first-order chi connectivity index (χ1) is 18.8. The lowest BCUT2D eigenvalue weighted by Gasteiger charge is -2.45. The molecule has 0 aliphatic heterocycles. The molecule has 220 valence electrons. The van der Waals surface area contributed by atoms with Crippen LogP contribution in [0.3, 0.4) is 0 Å². The molecule has 0 aromatic rings. The summed E-state index contributed by atoms with van der Waals surface area (Å²) in [5.41, 5.74) is 0. The molecule has 1 N–H and O–H groups in total. The van der Waals surface area contributed by atoms with Gasteiger partial charge in [-0.05, 0) is 143 Å². The molecule has 0 saturated heterocycles. The molecule has 0 radical (unpaired) electrons. The van der Waals surface area contributed by atoms with E-state index in [-0.39, 0.29) is 35.6 Å². The SMILES string of the molecule is CCOC(=O)C1C2CC(C1C(=O)OC(C)OCC)C1C3CC(C(C)C3C)C21.OCC1CC2C3CCC(C3)C2C1. The van der Waals surface area contributed by atoms with Gasteiger partial charge < -0.3 is 19.3 Å². The maximum atomic E-state index is 13.1. The summed E-state index contributed by atoms with van der Waals surface area (Å²) in [5.74, 6) is 8.28. The molecule has 6 bridgehead atoms. The Balaban J connectivity index is 0.000000190. The van der Waals surface area contributed by atoms with Crippen molar-refractivity contribution in [3.8, 4) is 0 Å². The highest BCUT2D eigenvalue weighted by Gasteiger charge is 2.71. The first-order valence-electron chi connectivity index (χ1n) is 16.4. The van der Waals surface area contributed by atoms with Crippen LogP contribution in [-0.4, -0.2) is 43.2 Å². The summed E-state index contributed by atoms with van der Waals surface area (Å²) in [5, 5.41) is 9.11. The normalized spacial score (nSPS) is 50.4. The van der Waals surface area contributed by atoms with Crippen LogP contribution in [0.2, 0.25) is 0 Å². The van der Waals surface area contributed by atoms with Crippen molar-refractivity contribution >= 4 is 11.9 Å². The van der Waals surface area contributed by atoms with Crippen molar-refractivity contribution < 1.29 is 28.9 Å². The van der Waals surface area contributed by atoms with E-state index < -0.39 is 6.29 Å². The van der Waals surface area contributed by atoms with E-state index in [9.17, 15) is 9.59 Å². The monoisotopic (exact) mass is 544 g/mol. The molecule has 6 heteroatoms. The summed E-state index contributed by atoms with van der Waals surface area (Å²) in [4.78, 5) is 25.9. The summed E-state index contributed by atoms with van der Waals surface area (Å²) >= 11 is 0. The minimum Gasteiger partial charge on any atom is -0.466 e. The van der Waals surface area contributed by atoms with Crippen molar-refractivity contribution in [1.82, 2.24) is 0 Å². The predicted molar refractivity (Wildman–Crippen MR) is 147 cm³/mol. The largest absolute Gasteiger partial charge is 0.466 e. The number of hydrogen-bond donors (Lipinski definition) is 1. The van der Waals surface area contributed by atoms with Gasteiger partial charge in [-0.25, -0.2) is 0 Å². The predicted octanol–water partition coefficient (Wildman–Crippen LogP) is 5.56. The minimum absolute atomic E-state index is 0.196. The molecule has 7 rings (SSSR count). The van der Waals surface area contributed by atoms with Gasteiger partial charge in [0.2, 0.25) is 0 Å². The molecule has 0 aromatic carbocycles. The summed E-state index contributed by atoms with van der Waals surface area (Å²) < 4.78 is 16.4. The van der Waals surface area contributed by atoms with Crippen LogP contribution in [0.15, 0.2) is 0 Å². The molecule has 0 heterocycles. The van der Waals surface area contributed by atoms with Crippen LogP contribution >= 0.6 is 0 Å². The van der Waals surface area contributed by atoms with Crippen molar-refractivity contribution in [2.24, 2.45) is 88.8 Å². The lowest BCUT2D eigenvalue weighted by atomic mass is 9.59. The van der Waals surface area contributed by atoms with Crippen molar-refractivity contribution in [2.75, 3.05) is 19.8 Å². The molecule has 39 heavy (non-hydrogen) atoms. The van der Waals surface area contributed by atoms with E-state index in [1.807, 2.05) is 13.8 Å². The second-order valence-corrected chi connectivity index (χ2v) is 14.4. The maximum absolute atomic E-state index is 13.1. The quantitative estimate of drug-likeness (QED) is 0.257. The number of aliphatic hydroxyl groups is 1. The van der Waals surface area contributed by atoms with Crippen LogP contribution in [0.4, 0.5) is 0 Å². The van der Waals surface area contributed by atoms with Gasteiger partial charge in [-0.15, -0.1) is 0 Å². The zero-order chi connectivity index (χ0) is 27.6. The molecular formula is C33H52O6. The van der Waals surface area contributed by atoms with Crippen molar-refractivity contribution in [1.29, 1.82) is 0 Å². The molecule has 0 aromatic heterocycles. The van der Waals surface area contributed by atoms with Gasteiger partial charge in [0.1, 0.15) is 0 Å². The smallest absolute Gasteiger partial charge is 0.312 e. The fraction of sp³-hybridized carbons (Fsp3) is 0.939. The third kappa shape index (κ3) is 4.49. The molecule has 0 spiro atoms. The molecule has 0 amide bonds. The molecule has 15 atom stereocenters. The molecule has 7 fully saturated rings. The first kappa shape index (κ1) is 28.0. The summed E-state index contributed by atoms with van der Waals surface area (Å²) in [6, 6.07) is 0. The number of hydrogen-bond acceptors (Lipinski definition) is 6. The first-order valence-corrected chi connectivity index (χ1v) is 16.4. The highest BCUT2D eigenvalue weighted by molar-refractivity contribution is 5.84. The van der Waals surface area contributed by atoms with Gasteiger partial charge in [-0.3, -0.25) is 9.59 Å². The Labute approximate surface area is 235 Å². The second-order valence-electron chi connectivity index (χ2n) is 14.4. The Morgan fingerprint density at radius 1 is 0.744 bits per heavy atom. The van der Waals surface area contributed by atoms with Gasteiger partial charge in [0.05, 0.1) is 18.4 Å². The molecular weight excluding hydrogens is 492 g/mol. The van der Waals surface area contributed by atoms with Gasteiger partial charge in [0, 0.05) is 13.2 Å². The number of aliphatic hydroxyl groups excluding tert-OH is 1. The van der Waals surface area contributed by atoms with E-state index in [2.05, 4.69) is 13.8 Å². The van der Waals surface area contributed by atoms with Crippen molar-refractivity contribution in [3.63, 3.8) is 0 Å². The Kier molecular flexibility index (Phi) is 7.85. The van der Waals surface area contributed by atoms with Crippen LogP contribution in [0.1, 0.15) is 79.6 Å². The number of ether oxygens (including phenoxy) is 3. The van der Waals surface area contributed by atoms with Crippen molar-refractivity contribution in [3.05, 3.63) is 0 Å². The summed E-state index contributed by atoms with van der Waals surface area (Å²) in [6.07, 6.45) is 8.93. The van der Waals surface area contributed by atoms with E-state index in [1.54, 1.807) is 6.92 Å². The molecule has 7 aliphatic rings. The van der Waals surface area contributed by atoms with Gasteiger partial charge in [0.15, 0.2) is 6.29 Å². The molecule has 7 saturated carbocycles. The van der Waals surface area contributed by atoms with Gasteiger partial charge in [0.25, 0.3) is 0 Å². The van der Waals surface area contributed by atoms with E-state index in [0.717, 1.165) is 41.9 Å². The Hall–Kier alpha value is -1.14. The lowest BCUT2D eigenvalue weighted by Crippen LogP contribution is -2.48. The van der Waals surface area contributed by atoms with E-state index in [0.29, 0.717) is 49.4 Å². The maximum Gasteiger partial charge on any atom is 0.312 e. The fourth-order valence-electron chi connectivity index (χ4n) is 11.9. The topological polar surface area (TPSA) is 82.1 Å². The van der Waals surface area contributed by atoms with Crippen LogP contribution in [0, 0.1) is 88.8 Å². The minimum atomic E-state index is -0.570. The van der Waals surface area contributed by atoms with Crippen LogP contribution in [0.5, 0.6) is 0 Å². The standard InChI is InChI=1S/C22H34O5.C11H18O/c1-6-25-12(5)27-22(24)20-16-9-15(19(20)21(23)26-7-2)17-13-8-14(18(16)17)11(4)10(13)3;12-6-7-3-10-8-1-2-9(5-8)11(10)4-7/h10-20H,6-9H2,1-5H3;7-12H,1-6H2. The highest BCUT2D eigenvalue weighted by Crippen LogP contribution is 2.73. The lowest BCUT2D eigenvalue weighted by molar-refractivity contribution is -0.188. The average molecular weight is 545 g/mol. The van der Waals surface area contributed by atoms with Gasteiger partial charge in [-0.2, -0.15) is 0 Å². The Morgan fingerprint density at radius 3 is 1.79 bits per heavy atom. The van der Waals surface area contributed by atoms with Gasteiger partial charge >= 0.3 is 11.9 Å². The van der Waals surface area contributed by atoms with Crippen LogP contribution < -0.4 is 0 Å². The van der Waals surface area contributed by atoms with E-state index in [4.69, 9.17) is 19.3 Å². The Bertz CT molecular complexity index is 902. The van der Waals surface area contributed by atoms with E-state index >= 15 is 0 Å². The third-order valence-corrected chi connectivity index (χ3v) is 13.3. The zero-order valence-electron chi connectivity index (χ0n) is 24.8. The molecule has 15 unspecified atom stereocenters. The number of esters is 2.